The van der Waals surface area contributed by atoms with Crippen molar-refractivity contribution >= 4 is 38.9 Å². The van der Waals surface area contributed by atoms with Crippen molar-refractivity contribution in [3.63, 3.8) is 0 Å². The van der Waals surface area contributed by atoms with Crippen molar-refractivity contribution in [2.75, 3.05) is 6.54 Å². The molecule has 0 saturated carbocycles. The van der Waals surface area contributed by atoms with E-state index in [9.17, 15) is 14.9 Å². The van der Waals surface area contributed by atoms with E-state index in [0.717, 1.165) is 5.01 Å². The first kappa shape index (κ1) is 15.6. The maximum atomic E-state index is 12.1. The zero-order valence-electron chi connectivity index (χ0n) is 11.1. The van der Waals surface area contributed by atoms with E-state index < -0.39 is 4.92 Å². The van der Waals surface area contributed by atoms with Crippen molar-refractivity contribution < 1.29 is 9.72 Å². The lowest BCUT2D eigenvalue weighted by atomic mass is 10.1. The van der Waals surface area contributed by atoms with Gasteiger partial charge in [-0.3, -0.25) is 14.9 Å². The number of carbonyl (C=O) groups excluding carboxylic acids is 1. The summed E-state index contributed by atoms with van der Waals surface area (Å²) in [6.45, 7) is 2.38. The summed E-state index contributed by atoms with van der Waals surface area (Å²) in [5, 5.41) is 16.4. The van der Waals surface area contributed by atoms with Crippen molar-refractivity contribution in [2.24, 2.45) is 0 Å². The Morgan fingerprint density at radius 2 is 2.33 bits per heavy atom. The summed E-state index contributed by atoms with van der Waals surface area (Å²) in [7, 11) is 0. The summed E-state index contributed by atoms with van der Waals surface area (Å²) < 4.78 is 0.189. The molecule has 0 bridgehead atoms. The fourth-order valence-electron chi connectivity index (χ4n) is 1.74. The minimum absolute atomic E-state index is 0.0893. The fraction of sp³-hybridized carbons (Fsp3) is 0.231. The van der Waals surface area contributed by atoms with Gasteiger partial charge >= 0.3 is 0 Å². The minimum Gasteiger partial charge on any atom is -0.351 e. The Labute approximate surface area is 133 Å². The molecule has 1 aromatic carbocycles. The molecule has 1 N–H and O–H groups in total. The topological polar surface area (TPSA) is 85.1 Å². The average molecular weight is 370 g/mol. The molecule has 0 aliphatic rings. The Kier molecular flexibility index (Phi) is 5.03. The molecule has 0 aliphatic carbocycles. The van der Waals surface area contributed by atoms with Crippen LogP contribution in [0.1, 0.15) is 28.2 Å². The SMILES string of the molecule is CC(CNC(=O)c1cccc([N+](=O)[O-])c1Br)c1nccs1. The van der Waals surface area contributed by atoms with Gasteiger partial charge in [0.25, 0.3) is 11.6 Å². The van der Waals surface area contributed by atoms with Gasteiger partial charge in [0.1, 0.15) is 4.47 Å². The maximum Gasteiger partial charge on any atom is 0.284 e. The maximum absolute atomic E-state index is 12.1. The van der Waals surface area contributed by atoms with Gasteiger partial charge in [-0.2, -0.15) is 0 Å². The normalized spacial score (nSPS) is 11.9. The number of benzene rings is 1. The van der Waals surface area contributed by atoms with Gasteiger partial charge in [0.05, 0.1) is 15.5 Å². The molecule has 0 saturated heterocycles. The molecule has 8 heteroatoms. The Morgan fingerprint density at radius 1 is 1.57 bits per heavy atom. The number of rotatable bonds is 5. The second-order valence-electron chi connectivity index (χ2n) is 4.38. The Balaban J connectivity index is 2.07. The minimum atomic E-state index is -0.529. The van der Waals surface area contributed by atoms with Crippen molar-refractivity contribution in [3.05, 3.63) is 54.9 Å². The van der Waals surface area contributed by atoms with Crippen LogP contribution in [0.3, 0.4) is 0 Å². The molecule has 1 unspecified atom stereocenters. The number of nitrogens with one attached hydrogen (secondary N) is 1. The number of carbonyl (C=O) groups is 1. The first-order valence-electron chi connectivity index (χ1n) is 6.11. The zero-order valence-corrected chi connectivity index (χ0v) is 13.5. The van der Waals surface area contributed by atoms with E-state index >= 15 is 0 Å². The number of hydrogen-bond acceptors (Lipinski definition) is 5. The molecule has 21 heavy (non-hydrogen) atoms. The first-order chi connectivity index (χ1) is 10.0. The largest absolute Gasteiger partial charge is 0.351 e. The Hall–Kier alpha value is -1.80. The second kappa shape index (κ2) is 6.77. The molecular formula is C13H12BrN3O3S. The molecule has 0 radical (unpaired) electrons. The van der Waals surface area contributed by atoms with Gasteiger partial charge in [-0.25, -0.2) is 4.98 Å². The monoisotopic (exact) mass is 369 g/mol. The van der Waals surface area contributed by atoms with Crippen molar-refractivity contribution in [1.82, 2.24) is 10.3 Å². The smallest absolute Gasteiger partial charge is 0.284 e. The van der Waals surface area contributed by atoms with Crippen LogP contribution in [0.4, 0.5) is 5.69 Å². The van der Waals surface area contributed by atoms with E-state index in [-0.39, 0.29) is 27.5 Å². The number of aromatic nitrogens is 1. The van der Waals surface area contributed by atoms with Crippen molar-refractivity contribution in [2.45, 2.75) is 12.8 Å². The summed E-state index contributed by atoms with van der Waals surface area (Å²) in [5.74, 6) is -0.264. The van der Waals surface area contributed by atoms with Gasteiger partial charge in [0.15, 0.2) is 0 Å². The predicted molar refractivity (Wildman–Crippen MR) is 83.7 cm³/mol. The summed E-state index contributed by atoms with van der Waals surface area (Å²) in [6.07, 6.45) is 1.72. The molecule has 2 aromatic rings. The fourth-order valence-corrected chi connectivity index (χ4v) is 3.03. The lowest BCUT2D eigenvalue weighted by Gasteiger charge is -2.11. The van der Waals surface area contributed by atoms with Crippen LogP contribution in [-0.4, -0.2) is 22.4 Å². The van der Waals surface area contributed by atoms with E-state index in [4.69, 9.17) is 0 Å². The van der Waals surface area contributed by atoms with E-state index in [0.29, 0.717) is 6.54 Å². The number of hydrogen-bond donors (Lipinski definition) is 1. The van der Waals surface area contributed by atoms with Gasteiger partial charge in [0.2, 0.25) is 0 Å². The van der Waals surface area contributed by atoms with Crippen LogP contribution in [0.2, 0.25) is 0 Å². The number of amides is 1. The number of nitrogens with zero attached hydrogens (tertiary/aromatic N) is 2. The van der Waals surface area contributed by atoms with E-state index in [2.05, 4.69) is 26.2 Å². The molecule has 1 atom stereocenters. The van der Waals surface area contributed by atoms with Gasteiger partial charge in [-0.1, -0.05) is 13.0 Å². The number of nitro benzene ring substituents is 1. The van der Waals surface area contributed by atoms with Crippen molar-refractivity contribution in [1.29, 1.82) is 0 Å². The Morgan fingerprint density at radius 3 is 2.95 bits per heavy atom. The zero-order chi connectivity index (χ0) is 15.4. The molecule has 0 aliphatic heterocycles. The van der Waals surface area contributed by atoms with Crippen LogP contribution in [0.5, 0.6) is 0 Å². The molecule has 0 fully saturated rings. The summed E-state index contributed by atoms with van der Waals surface area (Å²) >= 11 is 4.64. The molecular weight excluding hydrogens is 358 g/mol. The Bertz CT molecular complexity index is 661. The quantitative estimate of drug-likeness (QED) is 0.646. The average Bonchev–Trinajstić information content (AvgIpc) is 2.98. The summed E-state index contributed by atoms with van der Waals surface area (Å²) in [5.41, 5.74) is 0.117. The van der Waals surface area contributed by atoms with Crippen LogP contribution in [0, 0.1) is 10.1 Å². The standard InChI is InChI=1S/C13H12BrN3O3S/c1-8(13-15-5-6-21-13)7-16-12(18)9-3-2-4-10(11(9)14)17(19)20/h2-6,8H,7H2,1H3,(H,16,18). The van der Waals surface area contributed by atoms with Crippen LogP contribution < -0.4 is 5.32 Å². The first-order valence-corrected chi connectivity index (χ1v) is 7.78. The third-order valence-electron chi connectivity index (χ3n) is 2.86. The van der Waals surface area contributed by atoms with Gasteiger partial charge in [0, 0.05) is 30.1 Å². The molecule has 1 amide bonds. The second-order valence-corrected chi connectivity index (χ2v) is 6.10. The summed E-state index contributed by atoms with van der Waals surface area (Å²) in [4.78, 5) is 26.7. The van der Waals surface area contributed by atoms with Gasteiger partial charge in [-0.05, 0) is 22.0 Å². The molecule has 1 aromatic heterocycles. The number of halogens is 1. The van der Waals surface area contributed by atoms with Gasteiger partial charge in [-0.15, -0.1) is 11.3 Å². The van der Waals surface area contributed by atoms with Gasteiger partial charge < -0.3 is 5.32 Å². The molecule has 6 nitrogen and oxygen atoms in total. The highest BCUT2D eigenvalue weighted by Gasteiger charge is 2.20. The molecule has 2 rings (SSSR count). The highest BCUT2D eigenvalue weighted by Crippen LogP contribution is 2.28. The van der Waals surface area contributed by atoms with Crippen LogP contribution in [0.15, 0.2) is 34.2 Å². The van der Waals surface area contributed by atoms with E-state index in [1.54, 1.807) is 12.3 Å². The lowest BCUT2D eigenvalue weighted by molar-refractivity contribution is -0.385. The number of thiazole rings is 1. The number of nitro groups is 1. The molecule has 0 spiro atoms. The highest BCUT2D eigenvalue weighted by molar-refractivity contribution is 9.10. The predicted octanol–water partition coefficient (Wildman–Crippen LogP) is 3.35. The van der Waals surface area contributed by atoms with Crippen LogP contribution in [-0.2, 0) is 0 Å². The van der Waals surface area contributed by atoms with E-state index in [1.807, 2.05) is 12.3 Å². The molecule has 1 heterocycles. The molecule has 110 valence electrons. The van der Waals surface area contributed by atoms with Crippen LogP contribution in [0.25, 0.3) is 0 Å². The van der Waals surface area contributed by atoms with Crippen molar-refractivity contribution in [3.8, 4) is 0 Å². The lowest BCUT2D eigenvalue weighted by Crippen LogP contribution is -2.27. The highest BCUT2D eigenvalue weighted by atomic mass is 79.9. The van der Waals surface area contributed by atoms with E-state index in [1.165, 1.54) is 23.5 Å². The van der Waals surface area contributed by atoms with Crippen LogP contribution >= 0.6 is 27.3 Å². The summed E-state index contributed by atoms with van der Waals surface area (Å²) in [6, 6.07) is 4.38. The third kappa shape index (κ3) is 3.64. The third-order valence-corrected chi connectivity index (χ3v) is 4.70.